The van der Waals surface area contributed by atoms with Crippen LogP contribution in [0.4, 0.5) is 0 Å². The average molecular weight is 358 g/mol. The first kappa shape index (κ1) is 18.5. The molecule has 132 valence electrons. The molecule has 0 saturated carbocycles. The zero-order valence-electron chi connectivity index (χ0n) is 13.4. The van der Waals surface area contributed by atoms with Crippen LogP contribution in [0.15, 0.2) is 18.2 Å². The molecule has 1 unspecified atom stereocenters. The van der Waals surface area contributed by atoms with Crippen molar-refractivity contribution in [2.75, 3.05) is 40.0 Å². The number of benzene rings is 1. The third-order valence-corrected chi connectivity index (χ3v) is 3.78. The van der Waals surface area contributed by atoms with Gasteiger partial charge in [0.15, 0.2) is 0 Å². The van der Waals surface area contributed by atoms with Crippen LogP contribution in [0.3, 0.4) is 0 Å². The lowest BCUT2D eigenvalue weighted by Gasteiger charge is -2.32. The highest BCUT2D eigenvalue weighted by Crippen LogP contribution is 2.25. The fourth-order valence-electron chi connectivity index (χ4n) is 2.42. The van der Waals surface area contributed by atoms with Crippen LogP contribution in [-0.2, 0) is 14.3 Å². The molecule has 1 aromatic rings. The van der Waals surface area contributed by atoms with Crippen LogP contribution in [-0.4, -0.2) is 68.0 Å². The number of methoxy groups -OCH3 is 1. The smallest absolute Gasteiger partial charge is 0.306 e. The topological polar surface area (TPSA) is 85.3 Å². The van der Waals surface area contributed by atoms with Crippen molar-refractivity contribution in [2.24, 2.45) is 0 Å². The number of hydrogen-bond donors (Lipinski definition) is 1. The van der Waals surface area contributed by atoms with Gasteiger partial charge in [0.05, 0.1) is 31.3 Å². The number of halogens is 1. The van der Waals surface area contributed by atoms with Gasteiger partial charge in [-0.15, -0.1) is 0 Å². The summed E-state index contributed by atoms with van der Waals surface area (Å²) in [5.41, 5.74) is 0.342. The van der Waals surface area contributed by atoms with Crippen LogP contribution in [0.5, 0.6) is 5.75 Å². The minimum absolute atomic E-state index is 0.142. The number of hydrogen-bond acceptors (Lipinski definition) is 5. The third-order valence-electron chi connectivity index (χ3n) is 3.55. The van der Waals surface area contributed by atoms with E-state index in [-0.39, 0.29) is 18.9 Å². The maximum absolute atomic E-state index is 12.8. The number of rotatable bonds is 7. The van der Waals surface area contributed by atoms with E-state index in [1.807, 2.05) is 0 Å². The van der Waals surface area contributed by atoms with Crippen molar-refractivity contribution in [3.05, 3.63) is 28.8 Å². The van der Waals surface area contributed by atoms with Crippen LogP contribution in [0.1, 0.15) is 16.8 Å². The monoisotopic (exact) mass is 357 g/mol. The lowest BCUT2D eigenvalue weighted by Crippen LogP contribution is -2.46. The van der Waals surface area contributed by atoms with E-state index in [0.29, 0.717) is 42.7 Å². The third kappa shape index (κ3) is 5.09. The van der Waals surface area contributed by atoms with Gasteiger partial charge in [0, 0.05) is 25.2 Å². The van der Waals surface area contributed by atoms with E-state index in [1.165, 1.54) is 0 Å². The number of carboxylic acids is 1. The Balaban J connectivity index is 2.12. The van der Waals surface area contributed by atoms with Crippen LogP contribution in [0, 0.1) is 0 Å². The van der Waals surface area contributed by atoms with Crippen molar-refractivity contribution in [2.45, 2.75) is 12.5 Å². The van der Waals surface area contributed by atoms with Crippen LogP contribution in [0.25, 0.3) is 0 Å². The zero-order chi connectivity index (χ0) is 17.5. The maximum atomic E-state index is 12.8. The molecule has 1 heterocycles. The largest absolute Gasteiger partial charge is 0.490 e. The first-order valence-electron chi connectivity index (χ1n) is 7.55. The molecule has 1 saturated heterocycles. The highest BCUT2D eigenvalue weighted by molar-refractivity contribution is 6.31. The number of carbonyl (C=O) groups excluding carboxylic acids is 1. The molecule has 0 bridgehead atoms. The molecule has 2 rings (SSSR count). The second-order valence-electron chi connectivity index (χ2n) is 5.32. The normalized spacial score (nSPS) is 17.6. The summed E-state index contributed by atoms with van der Waals surface area (Å²) in [6.07, 6.45) is -0.659. The van der Waals surface area contributed by atoms with E-state index in [9.17, 15) is 9.59 Å². The Bertz CT molecular complexity index is 594. The van der Waals surface area contributed by atoms with Gasteiger partial charge in [-0.25, -0.2) is 0 Å². The number of carboxylic acid groups (broad SMARTS) is 1. The Labute approximate surface area is 145 Å². The van der Waals surface area contributed by atoms with Crippen molar-refractivity contribution in [3.8, 4) is 5.75 Å². The number of ether oxygens (including phenoxy) is 3. The molecule has 1 amide bonds. The predicted molar refractivity (Wildman–Crippen MR) is 86.7 cm³/mol. The number of morpholine rings is 1. The summed E-state index contributed by atoms with van der Waals surface area (Å²) in [4.78, 5) is 25.2. The predicted octanol–water partition coefficient (Wildman–Crippen LogP) is 1.68. The summed E-state index contributed by atoms with van der Waals surface area (Å²) in [6, 6.07) is 4.83. The highest BCUT2D eigenvalue weighted by atomic mass is 35.5. The summed E-state index contributed by atoms with van der Waals surface area (Å²) in [7, 11) is 1.56. The Kier molecular flexibility index (Phi) is 6.84. The van der Waals surface area contributed by atoms with Crippen molar-refractivity contribution >= 4 is 23.5 Å². The molecule has 1 aromatic carbocycles. The van der Waals surface area contributed by atoms with Crippen molar-refractivity contribution in [1.29, 1.82) is 0 Å². The Morgan fingerprint density at radius 2 is 2.21 bits per heavy atom. The quantitative estimate of drug-likeness (QED) is 0.747. The molecule has 0 spiro atoms. The standard InChI is InChI=1S/C16H20ClNO6/c1-22-6-7-24-14-3-2-11(17)8-13(14)16(21)18-4-5-23-12(10-18)9-15(19)20/h2-3,8,12H,4-7,9-10H2,1H3,(H,19,20). The Morgan fingerprint density at radius 1 is 1.42 bits per heavy atom. The van der Waals surface area contributed by atoms with Crippen molar-refractivity contribution in [3.63, 3.8) is 0 Å². The molecule has 1 fully saturated rings. The van der Waals surface area contributed by atoms with Crippen LogP contribution < -0.4 is 4.74 Å². The Hall–Kier alpha value is -1.83. The van der Waals surface area contributed by atoms with Crippen molar-refractivity contribution < 1.29 is 28.9 Å². The average Bonchev–Trinajstić information content (AvgIpc) is 2.55. The molecule has 0 radical (unpaired) electrons. The van der Waals surface area contributed by atoms with Crippen LogP contribution in [0.2, 0.25) is 5.02 Å². The SMILES string of the molecule is COCCOc1ccc(Cl)cc1C(=O)N1CCOC(CC(=O)O)C1. The van der Waals surface area contributed by atoms with Gasteiger partial charge < -0.3 is 24.2 Å². The molecule has 1 aliphatic rings. The fourth-order valence-corrected chi connectivity index (χ4v) is 2.59. The molecule has 8 heteroatoms. The van der Waals surface area contributed by atoms with Gasteiger partial charge in [0.25, 0.3) is 5.91 Å². The van der Waals surface area contributed by atoms with E-state index in [4.69, 9.17) is 30.9 Å². The summed E-state index contributed by atoms with van der Waals surface area (Å²) in [6.45, 7) is 1.61. The molecule has 24 heavy (non-hydrogen) atoms. The molecular weight excluding hydrogens is 338 g/mol. The first-order valence-corrected chi connectivity index (χ1v) is 7.93. The van der Waals surface area contributed by atoms with E-state index in [0.717, 1.165) is 0 Å². The second kappa shape index (κ2) is 8.86. The number of aliphatic carboxylic acids is 1. The molecule has 7 nitrogen and oxygen atoms in total. The molecule has 1 N–H and O–H groups in total. The van der Waals surface area contributed by atoms with Gasteiger partial charge in [-0.1, -0.05) is 11.6 Å². The lowest BCUT2D eigenvalue weighted by atomic mass is 10.1. The molecule has 0 aromatic heterocycles. The lowest BCUT2D eigenvalue weighted by molar-refractivity contribution is -0.141. The second-order valence-corrected chi connectivity index (χ2v) is 5.76. The number of amides is 1. The fraction of sp³-hybridized carbons (Fsp3) is 0.500. The maximum Gasteiger partial charge on any atom is 0.306 e. The summed E-state index contributed by atoms with van der Waals surface area (Å²) >= 11 is 6.01. The van der Waals surface area contributed by atoms with E-state index < -0.39 is 12.1 Å². The van der Waals surface area contributed by atoms with Gasteiger partial charge in [0.1, 0.15) is 12.4 Å². The minimum atomic E-state index is -0.958. The van der Waals surface area contributed by atoms with E-state index in [1.54, 1.807) is 30.2 Å². The number of nitrogens with zero attached hydrogens (tertiary/aromatic N) is 1. The molecule has 0 aliphatic carbocycles. The van der Waals surface area contributed by atoms with Gasteiger partial charge in [0.2, 0.25) is 0 Å². The van der Waals surface area contributed by atoms with E-state index >= 15 is 0 Å². The summed E-state index contributed by atoms with van der Waals surface area (Å²) < 4.78 is 15.9. The van der Waals surface area contributed by atoms with Gasteiger partial charge in [-0.2, -0.15) is 0 Å². The zero-order valence-corrected chi connectivity index (χ0v) is 14.1. The van der Waals surface area contributed by atoms with Crippen LogP contribution >= 0.6 is 11.6 Å². The first-order chi connectivity index (χ1) is 11.5. The van der Waals surface area contributed by atoms with Crippen molar-refractivity contribution in [1.82, 2.24) is 4.90 Å². The summed E-state index contributed by atoms with van der Waals surface area (Å²) in [5.74, 6) is -0.799. The highest BCUT2D eigenvalue weighted by Gasteiger charge is 2.28. The molecule has 1 atom stereocenters. The van der Waals surface area contributed by atoms with Gasteiger partial charge >= 0.3 is 5.97 Å². The van der Waals surface area contributed by atoms with Gasteiger partial charge in [-0.3, -0.25) is 9.59 Å². The molecular formula is C16H20ClNO6. The minimum Gasteiger partial charge on any atom is -0.490 e. The summed E-state index contributed by atoms with van der Waals surface area (Å²) in [5, 5.41) is 9.30. The van der Waals surface area contributed by atoms with E-state index in [2.05, 4.69) is 0 Å². The number of carbonyl (C=O) groups is 2. The van der Waals surface area contributed by atoms with Gasteiger partial charge in [-0.05, 0) is 18.2 Å². The Morgan fingerprint density at radius 3 is 2.92 bits per heavy atom. The molecule has 1 aliphatic heterocycles.